The molecule has 0 aliphatic carbocycles. The van der Waals surface area contributed by atoms with Gasteiger partial charge in [0.1, 0.15) is 12.4 Å². The zero-order chi connectivity index (χ0) is 18.4. The molecule has 0 heterocycles. The molecule has 2 aromatic rings. The summed E-state index contributed by atoms with van der Waals surface area (Å²) in [5.74, 6) is 0.712. The van der Waals surface area contributed by atoms with E-state index < -0.39 is 11.7 Å². The Morgan fingerprint density at radius 2 is 1.46 bits per heavy atom. The SMILES string of the molecule is CC(CCc1ccc(OCc2ccc(C(F)(F)F)cc2)cc1)N(C)C.Cl. The highest BCUT2D eigenvalue weighted by molar-refractivity contribution is 5.85. The molecule has 0 N–H and O–H groups in total. The molecule has 0 saturated heterocycles. The Bertz CT molecular complexity index is 654. The van der Waals surface area contributed by atoms with Gasteiger partial charge in [0.05, 0.1) is 5.56 Å². The van der Waals surface area contributed by atoms with Crippen molar-refractivity contribution in [2.24, 2.45) is 0 Å². The van der Waals surface area contributed by atoms with Crippen LogP contribution < -0.4 is 4.74 Å². The van der Waals surface area contributed by atoms with Crippen LogP contribution >= 0.6 is 12.4 Å². The van der Waals surface area contributed by atoms with Gasteiger partial charge in [0, 0.05) is 6.04 Å². The molecule has 0 spiro atoms. The van der Waals surface area contributed by atoms with Gasteiger partial charge in [-0.2, -0.15) is 13.2 Å². The molecule has 0 fully saturated rings. The highest BCUT2D eigenvalue weighted by Crippen LogP contribution is 2.29. The van der Waals surface area contributed by atoms with Gasteiger partial charge in [-0.15, -0.1) is 12.4 Å². The standard InChI is InChI=1S/C20H24F3NO.ClH/c1-15(24(2)3)4-5-16-8-12-19(13-9-16)25-14-17-6-10-18(11-7-17)20(21,22)23;/h6-13,15H,4-5,14H2,1-3H3;1H. The number of hydrogen-bond donors (Lipinski definition) is 0. The fraction of sp³-hybridized carbons (Fsp3) is 0.400. The molecule has 144 valence electrons. The Balaban J connectivity index is 0.00000338. The summed E-state index contributed by atoms with van der Waals surface area (Å²) in [5.41, 5.74) is 1.31. The van der Waals surface area contributed by atoms with Crippen molar-refractivity contribution in [2.75, 3.05) is 14.1 Å². The molecular formula is C20H25ClF3NO. The third-order valence-electron chi connectivity index (χ3n) is 4.34. The molecule has 2 rings (SSSR count). The summed E-state index contributed by atoms with van der Waals surface area (Å²) in [6.07, 6.45) is -2.23. The number of ether oxygens (including phenoxy) is 1. The Kier molecular flexibility index (Phi) is 8.44. The van der Waals surface area contributed by atoms with Gasteiger partial charge in [0.2, 0.25) is 0 Å². The van der Waals surface area contributed by atoms with Crippen molar-refractivity contribution in [3.05, 3.63) is 65.2 Å². The number of benzene rings is 2. The normalized spacial score (nSPS) is 12.6. The lowest BCUT2D eigenvalue weighted by Gasteiger charge is -2.19. The number of aryl methyl sites for hydroxylation is 1. The molecule has 0 saturated carbocycles. The van der Waals surface area contributed by atoms with Gasteiger partial charge in [0.25, 0.3) is 0 Å². The van der Waals surface area contributed by atoms with E-state index in [0.717, 1.165) is 25.0 Å². The molecule has 1 unspecified atom stereocenters. The van der Waals surface area contributed by atoms with Crippen LogP contribution in [0.25, 0.3) is 0 Å². The molecule has 2 nitrogen and oxygen atoms in total. The molecule has 0 aliphatic heterocycles. The second kappa shape index (κ2) is 9.83. The third kappa shape index (κ3) is 6.89. The maximum Gasteiger partial charge on any atom is 0.416 e. The summed E-state index contributed by atoms with van der Waals surface area (Å²) < 4.78 is 43.2. The first kappa shape index (κ1) is 22.3. The Hall–Kier alpha value is -1.72. The minimum Gasteiger partial charge on any atom is -0.489 e. The first-order valence-corrected chi connectivity index (χ1v) is 8.30. The predicted octanol–water partition coefficient (Wildman–Crippen LogP) is 5.59. The molecule has 26 heavy (non-hydrogen) atoms. The largest absolute Gasteiger partial charge is 0.489 e. The van der Waals surface area contributed by atoms with Gasteiger partial charge < -0.3 is 9.64 Å². The summed E-state index contributed by atoms with van der Waals surface area (Å²) in [4.78, 5) is 2.20. The minimum atomic E-state index is -4.31. The van der Waals surface area contributed by atoms with E-state index >= 15 is 0 Å². The van der Waals surface area contributed by atoms with Crippen molar-refractivity contribution in [3.63, 3.8) is 0 Å². The maximum atomic E-state index is 12.5. The average molecular weight is 388 g/mol. The molecule has 0 radical (unpaired) electrons. The first-order chi connectivity index (χ1) is 11.8. The summed E-state index contributed by atoms with van der Waals surface area (Å²) in [5, 5.41) is 0. The Morgan fingerprint density at radius 3 is 1.96 bits per heavy atom. The lowest BCUT2D eigenvalue weighted by molar-refractivity contribution is -0.137. The number of hydrogen-bond acceptors (Lipinski definition) is 2. The number of alkyl halides is 3. The molecule has 0 aliphatic rings. The molecule has 0 bridgehead atoms. The van der Waals surface area contributed by atoms with E-state index in [4.69, 9.17) is 4.74 Å². The number of rotatable bonds is 7. The summed E-state index contributed by atoms with van der Waals surface area (Å²) in [6.45, 7) is 2.44. The predicted molar refractivity (Wildman–Crippen MR) is 101 cm³/mol. The lowest BCUT2D eigenvalue weighted by atomic mass is 10.1. The zero-order valence-corrected chi connectivity index (χ0v) is 16.0. The van der Waals surface area contributed by atoms with E-state index in [2.05, 4.69) is 25.9 Å². The van der Waals surface area contributed by atoms with E-state index in [1.807, 2.05) is 24.3 Å². The van der Waals surface area contributed by atoms with Gasteiger partial charge in [-0.1, -0.05) is 24.3 Å². The Labute approximate surface area is 159 Å². The monoisotopic (exact) mass is 387 g/mol. The van der Waals surface area contributed by atoms with Gasteiger partial charge >= 0.3 is 6.18 Å². The van der Waals surface area contributed by atoms with E-state index in [9.17, 15) is 13.2 Å². The molecule has 0 amide bonds. The molecule has 6 heteroatoms. The fourth-order valence-corrected chi connectivity index (χ4v) is 2.34. The smallest absolute Gasteiger partial charge is 0.416 e. The van der Waals surface area contributed by atoms with Gasteiger partial charge in [0.15, 0.2) is 0 Å². The second-order valence-electron chi connectivity index (χ2n) is 6.48. The van der Waals surface area contributed by atoms with Crippen LogP contribution in [0.4, 0.5) is 13.2 Å². The maximum absolute atomic E-state index is 12.5. The topological polar surface area (TPSA) is 12.5 Å². The van der Waals surface area contributed by atoms with Crippen LogP contribution in [0.2, 0.25) is 0 Å². The van der Waals surface area contributed by atoms with E-state index in [-0.39, 0.29) is 19.0 Å². The highest BCUT2D eigenvalue weighted by Gasteiger charge is 2.29. The lowest BCUT2D eigenvalue weighted by Crippen LogP contribution is -2.24. The van der Waals surface area contributed by atoms with Crippen molar-refractivity contribution in [2.45, 2.75) is 38.6 Å². The highest BCUT2D eigenvalue weighted by atomic mass is 35.5. The van der Waals surface area contributed by atoms with Crippen LogP contribution in [-0.4, -0.2) is 25.0 Å². The number of halogens is 4. The van der Waals surface area contributed by atoms with Gasteiger partial charge in [-0.25, -0.2) is 0 Å². The van der Waals surface area contributed by atoms with E-state index in [1.165, 1.54) is 17.7 Å². The van der Waals surface area contributed by atoms with Crippen LogP contribution in [0, 0.1) is 0 Å². The van der Waals surface area contributed by atoms with Crippen molar-refractivity contribution in [1.82, 2.24) is 4.90 Å². The van der Waals surface area contributed by atoms with Crippen molar-refractivity contribution < 1.29 is 17.9 Å². The molecule has 2 aromatic carbocycles. The van der Waals surface area contributed by atoms with Crippen LogP contribution in [0.3, 0.4) is 0 Å². The average Bonchev–Trinajstić information content (AvgIpc) is 2.58. The molecule has 0 aromatic heterocycles. The molecule has 1 atom stereocenters. The van der Waals surface area contributed by atoms with Crippen LogP contribution in [0.5, 0.6) is 5.75 Å². The third-order valence-corrected chi connectivity index (χ3v) is 4.34. The van der Waals surface area contributed by atoms with Gasteiger partial charge in [-0.05, 0) is 69.3 Å². The minimum absolute atomic E-state index is 0. The van der Waals surface area contributed by atoms with Crippen LogP contribution in [-0.2, 0) is 19.2 Å². The first-order valence-electron chi connectivity index (χ1n) is 8.30. The fourth-order valence-electron chi connectivity index (χ4n) is 2.34. The molecular weight excluding hydrogens is 363 g/mol. The summed E-state index contributed by atoms with van der Waals surface area (Å²) in [7, 11) is 4.14. The van der Waals surface area contributed by atoms with Crippen LogP contribution in [0.1, 0.15) is 30.0 Å². The van der Waals surface area contributed by atoms with E-state index in [1.54, 1.807) is 0 Å². The van der Waals surface area contributed by atoms with Crippen molar-refractivity contribution in [3.8, 4) is 5.75 Å². The number of nitrogens with zero attached hydrogens (tertiary/aromatic N) is 1. The van der Waals surface area contributed by atoms with E-state index in [0.29, 0.717) is 17.4 Å². The van der Waals surface area contributed by atoms with Crippen molar-refractivity contribution in [1.29, 1.82) is 0 Å². The summed E-state index contributed by atoms with van der Waals surface area (Å²) >= 11 is 0. The zero-order valence-electron chi connectivity index (χ0n) is 15.2. The van der Waals surface area contributed by atoms with Crippen LogP contribution in [0.15, 0.2) is 48.5 Å². The quantitative estimate of drug-likeness (QED) is 0.614. The Morgan fingerprint density at radius 1 is 0.923 bits per heavy atom. The van der Waals surface area contributed by atoms with Gasteiger partial charge in [-0.3, -0.25) is 0 Å². The van der Waals surface area contributed by atoms with Crippen molar-refractivity contribution >= 4 is 12.4 Å². The summed E-state index contributed by atoms with van der Waals surface area (Å²) in [6, 6.07) is 13.4. The second-order valence-corrected chi connectivity index (χ2v) is 6.48.